The molecule has 0 radical (unpaired) electrons. The highest BCUT2D eigenvalue weighted by Gasteiger charge is 2.35. The van der Waals surface area contributed by atoms with E-state index in [0.29, 0.717) is 0 Å². The first-order chi connectivity index (χ1) is 5.87. The Morgan fingerprint density at radius 2 is 2.25 bits per heavy atom. The van der Waals surface area contributed by atoms with Crippen LogP contribution < -0.4 is 5.73 Å². The van der Waals surface area contributed by atoms with Crippen molar-refractivity contribution in [3.63, 3.8) is 0 Å². The van der Waals surface area contributed by atoms with Crippen LogP contribution in [0.25, 0.3) is 0 Å². The highest BCUT2D eigenvalue weighted by atomic mass is 14.9. The van der Waals surface area contributed by atoms with E-state index >= 15 is 0 Å². The summed E-state index contributed by atoms with van der Waals surface area (Å²) in [5, 5.41) is 0. The second-order valence-corrected chi connectivity index (χ2v) is 3.66. The monoisotopic (exact) mass is 165 g/mol. The summed E-state index contributed by atoms with van der Waals surface area (Å²) in [7, 11) is 0. The molecule has 3 nitrogen and oxygen atoms in total. The Balaban J connectivity index is 2.28. The fourth-order valence-corrected chi connectivity index (χ4v) is 2.18. The fraction of sp³-hybridized carbons (Fsp3) is 0.667. The van der Waals surface area contributed by atoms with Gasteiger partial charge in [-0.15, -0.1) is 0 Å². The Labute approximate surface area is 72.4 Å². The van der Waals surface area contributed by atoms with E-state index in [2.05, 4.69) is 9.97 Å². The van der Waals surface area contributed by atoms with Gasteiger partial charge in [-0.3, -0.25) is 0 Å². The Hall–Kier alpha value is -0.830. The number of nitrogens with one attached hydrogen (secondary N) is 1. The molecule has 0 aromatic carbocycles. The summed E-state index contributed by atoms with van der Waals surface area (Å²) in [5.74, 6) is 0. The summed E-state index contributed by atoms with van der Waals surface area (Å²) in [6, 6.07) is 0. The zero-order chi connectivity index (χ0) is 8.44. The van der Waals surface area contributed by atoms with Gasteiger partial charge in [0, 0.05) is 23.9 Å². The minimum Gasteiger partial charge on any atom is -0.348 e. The van der Waals surface area contributed by atoms with Crippen molar-refractivity contribution in [3.05, 3.63) is 18.2 Å². The zero-order valence-corrected chi connectivity index (χ0v) is 7.21. The van der Waals surface area contributed by atoms with Gasteiger partial charge >= 0.3 is 0 Å². The molecule has 0 atom stereocenters. The summed E-state index contributed by atoms with van der Waals surface area (Å²) >= 11 is 0. The maximum atomic E-state index is 5.81. The van der Waals surface area contributed by atoms with Crippen molar-refractivity contribution >= 4 is 0 Å². The van der Waals surface area contributed by atoms with E-state index in [1.165, 1.54) is 31.4 Å². The number of nitrogens with two attached hydrogens (primary N) is 1. The summed E-state index contributed by atoms with van der Waals surface area (Å²) in [6.07, 6.45) is 8.69. The first kappa shape index (κ1) is 7.80. The van der Waals surface area contributed by atoms with Crippen LogP contribution in [0.4, 0.5) is 0 Å². The number of imidazole rings is 1. The van der Waals surface area contributed by atoms with Crippen LogP contribution in [-0.4, -0.2) is 16.5 Å². The van der Waals surface area contributed by atoms with Crippen molar-refractivity contribution in [2.45, 2.75) is 31.1 Å². The van der Waals surface area contributed by atoms with E-state index in [4.69, 9.17) is 5.73 Å². The average molecular weight is 165 g/mol. The predicted octanol–water partition coefficient (Wildman–Crippen LogP) is 1.18. The maximum Gasteiger partial charge on any atom is 0.0921 e. The van der Waals surface area contributed by atoms with Crippen LogP contribution >= 0.6 is 0 Å². The molecule has 66 valence electrons. The number of H-pyrrole nitrogens is 1. The van der Waals surface area contributed by atoms with Crippen LogP contribution in [-0.2, 0) is 5.41 Å². The van der Waals surface area contributed by atoms with Crippen molar-refractivity contribution < 1.29 is 0 Å². The topological polar surface area (TPSA) is 54.7 Å². The van der Waals surface area contributed by atoms with Crippen molar-refractivity contribution in [1.82, 2.24) is 9.97 Å². The molecular weight excluding hydrogens is 150 g/mol. The molecule has 0 spiro atoms. The average Bonchev–Trinajstić information content (AvgIpc) is 2.76. The first-order valence-corrected chi connectivity index (χ1v) is 4.56. The van der Waals surface area contributed by atoms with Gasteiger partial charge in [0.15, 0.2) is 0 Å². The zero-order valence-electron chi connectivity index (χ0n) is 7.21. The number of aromatic nitrogens is 2. The van der Waals surface area contributed by atoms with Crippen LogP contribution in [0.15, 0.2) is 12.5 Å². The maximum absolute atomic E-state index is 5.81. The van der Waals surface area contributed by atoms with Crippen molar-refractivity contribution in [2.75, 3.05) is 6.54 Å². The van der Waals surface area contributed by atoms with Gasteiger partial charge in [0.25, 0.3) is 0 Å². The Kier molecular flexibility index (Phi) is 1.89. The highest BCUT2D eigenvalue weighted by molar-refractivity contribution is 5.16. The second-order valence-electron chi connectivity index (χ2n) is 3.66. The molecule has 0 aliphatic heterocycles. The van der Waals surface area contributed by atoms with Crippen LogP contribution in [0.5, 0.6) is 0 Å². The molecule has 0 unspecified atom stereocenters. The smallest absolute Gasteiger partial charge is 0.0921 e. The third kappa shape index (κ3) is 1.05. The summed E-state index contributed by atoms with van der Waals surface area (Å²) < 4.78 is 0. The van der Waals surface area contributed by atoms with Crippen LogP contribution in [0.3, 0.4) is 0 Å². The quantitative estimate of drug-likeness (QED) is 0.691. The number of nitrogens with zero attached hydrogens (tertiary/aromatic N) is 1. The molecule has 1 heterocycles. The lowest BCUT2D eigenvalue weighted by atomic mass is 9.83. The van der Waals surface area contributed by atoms with Gasteiger partial charge in [0.05, 0.1) is 6.33 Å². The number of hydrogen-bond donors (Lipinski definition) is 2. The van der Waals surface area contributed by atoms with Gasteiger partial charge < -0.3 is 10.7 Å². The van der Waals surface area contributed by atoms with Crippen molar-refractivity contribution in [2.24, 2.45) is 5.73 Å². The van der Waals surface area contributed by atoms with E-state index < -0.39 is 0 Å². The molecule has 3 N–H and O–H groups in total. The Morgan fingerprint density at radius 3 is 2.75 bits per heavy atom. The van der Waals surface area contributed by atoms with E-state index in [9.17, 15) is 0 Å². The largest absolute Gasteiger partial charge is 0.348 e. The summed E-state index contributed by atoms with van der Waals surface area (Å²) in [4.78, 5) is 7.23. The summed E-state index contributed by atoms with van der Waals surface area (Å²) in [6.45, 7) is 0.745. The van der Waals surface area contributed by atoms with E-state index in [-0.39, 0.29) is 5.41 Å². The van der Waals surface area contributed by atoms with E-state index in [0.717, 1.165) is 6.54 Å². The molecule has 1 aliphatic rings. The third-order valence-electron chi connectivity index (χ3n) is 3.02. The molecule has 1 aromatic rings. The van der Waals surface area contributed by atoms with Crippen LogP contribution in [0, 0.1) is 0 Å². The fourth-order valence-electron chi connectivity index (χ4n) is 2.18. The minimum absolute atomic E-state index is 0.219. The molecule has 0 saturated heterocycles. The molecule has 1 aliphatic carbocycles. The lowest BCUT2D eigenvalue weighted by Gasteiger charge is -2.25. The number of aromatic amines is 1. The second kappa shape index (κ2) is 2.90. The molecule has 2 rings (SSSR count). The number of rotatable bonds is 2. The first-order valence-electron chi connectivity index (χ1n) is 4.56. The highest BCUT2D eigenvalue weighted by Crippen LogP contribution is 2.38. The van der Waals surface area contributed by atoms with Gasteiger partial charge in [0.1, 0.15) is 0 Å². The van der Waals surface area contributed by atoms with Gasteiger partial charge in [-0.05, 0) is 12.8 Å². The molecule has 3 heteroatoms. The lowest BCUT2D eigenvalue weighted by molar-refractivity contribution is 0.441. The van der Waals surface area contributed by atoms with Gasteiger partial charge in [-0.1, -0.05) is 12.8 Å². The Bertz CT molecular complexity index is 234. The minimum atomic E-state index is 0.219. The van der Waals surface area contributed by atoms with E-state index in [1.54, 1.807) is 6.33 Å². The predicted molar refractivity (Wildman–Crippen MR) is 47.8 cm³/mol. The number of hydrogen-bond acceptors (Lipinski definition) is 2. The molecule has 0 amide bonds. The SMILES string of the molecule is NCC1(c2cnc[nH]2)CCCC1. The molecular formula is C9H15N3. The third-order valence-corrected chi connectivity index (χ3v) is 3.02. The van der Waals surface area contributed by atoms with Crippen molar-refractivity contribution in [3.8, 4) is 0 Å². The molecule has 12 heavy (non-hydrogen) atoms. The Morgan fingerprint density at radius 1 is 1.50 bits per heavy atom. The standard InChI is InChI=1S/C9H15N3/c10-6-9(3-1-2-4-9)8-5-11-7-12-8/h5,7H,1-4,6,10H2,(H,11,12). The normalized spacial score (nSPS) is 21.4. The molecule has 1 fully saturated rings. The molecule has 0 bridgehead atoms. The van der Waals surface area contributed by atoms with E-state index in [1.807, 2.05) is 6.20 Å². The summed E-state index contributed by atoms with van der Waals surface area (Å²) in [5.41, 5.74) is 7.26. The van der Waals surface area contributed by atoms with Gasteiger partial charge in [-0.25, -0.2) is 4.98 Å². The van der Waals surface area contributed by atoms with Crippen molar-refractivity contribution in [1.29, 1.82) is 0 Å². The van der Waals surface area contributed by atoms with Gasteiger partial charge in [0.2, 0.25) is 0 Å². The van der Waals surface area contributed by atoms with Crippen LogP contribution in [0.2, 0.25) is 0 Å². The van der Waals surface area contributed by atoms with Crippen LogP contribution in [0.1, 0.15) is 31.4 Å². The lowest BCUT2D eigenvalue weighted by Crippen LogP contribution is -2.32. The van der Waals surface area contributed by atoms with Gasteiger partial charge in [-0.2, -0.15) is 0 Å². The molecule has 1 saturated carbocycles. The molecule has 1 aromatic heterocycles.